The van der Waals surface area contributed by atoms with E-state index in [1.165, 1.54) is 6.07 Å². The number of halogens is 1. The van der Waals surface area contributed by atoms with Crippen molar-refractivity contribution in [3.05, 3.63) is 35.6 Å². The number of hydrogen-bond donors (Lipinski definition) is 1. The molecule has 3 nitrogen and oxygen atoms in total. The topological polar surface area (TPSA) is 46.3 Å². The Morgan fingerprint density at radius 2 is 2.16 bits per heavy atom. The molecule has 2 N–H and O–H groups in total. The third-order valence-electron chi connectivity index (χ3n) is 3.81. The molecule has 1 aromatic carbocycles. The minimum absolute atomic E-state index is 0.000485. The quantitative estimate of drug-likeness (QED) is 0.910. The van der Waals surface area contributed by atoms with Gasteiger partial charge in [-0.2, -0.15) is 0 Å². The summed E-state index contributed by atoms with van der Waals surface area (Å²) in [6.07, 6.45) is 3.65. The van der Waals surface area contributed by atoms with Crippen LogP contribution in [0.5, 0.6) is 0 Å². The molecule has 1 aromatic rings. The Bertz CT molecular complexity index is 450. The van der Waals surface area contributed by atoms with Crippen molar-refractivity contribution in [1.29, 1.82) is 0 Å². The second-order valence-electron chi connectivity index (χ2n) is 5.41. The van der Waals surface area contributed by atoms with Gasteiger partial charge in [-0.25, -0.2) is 4.39 Å². The monoisotopic (exact) mass is 264 g/mol. The van der Waals surface area contributed by atoms with Crippen LogP contribution in [0.1, 0.15) is 31.2 Å². The Balaban J connectivity index is 1.97. The zero-order chi connectivity index (χ0) is 13.8. The van der Waals surface area contributed by atoms with Gasteiger partial charge in [0, 0.05) is 31.1 Å². The number of nitrogens with two attached hydrogens (primary N) is 1. The second kappa shape index (κ2) is 6.15. The van der Waals surface area contributed by atoms with Crippen molar-refractivity contribution >= 4 is 5.91 Å². The summed E-state index contributed by atoms with van der Waals surface area (Å²) in [4.78, 5) is 13.9. The fourth-order valence-corrected chi connectivity index (χ4v) is 2.72. The van der Waals surface area contributed by atoms with Crippen LogP contribution in [0.4, 0.5) is 4.39 Å². The number of amides is 1. The number of nitrogens with zero attached hydrogens (tertiary/aromatic N) is 1. The van der Waals surface area contributed by atoms with Crippen molar-refractivity contribution in [1.82, 2.24) is 4.90 Å². The van der Waals surface area contributed by atoms with Crippen molar-refractivity contribution in [2.45, 2.75) is 38.3 Å². The number of rotatable bonds is 3. The van der Waals surface area contributed by atoms with Crippen LogP contribution in [0.3, 0.4) is 0 Å². The highest BCUT2D eigenvalue weighted by Crippen LogP contribution is 2.25. The van der Waals surface area contributed by atoms with Gasteiger partial charge in [0.15, 0.2) is 0 Å². The van der Waals surface area contributed by atoms with Crippen LogP contribution < -0.4 is 5.73 Å². The molecule has 0 heterocycles. The molecule has 0 spiro atoms. The van der Waals surface area contributed by atoms with E-state index in [0.29, 0.717) is 12.1 Å². The van der Waals surface area contributed by atoms with Gasteiger partial charge in [0.1, 0.15) is 5.82 Å². The normalized spacial score (nSPS) is 23.1. The molecule has 1 amide bonds. The molecule has 0 radical (unpaired) electrons. The van der Waals surface area contributed by atoms with E-state index in [0.717, 1.165) is 25.7 Å². The summed E-state index contributed by atoms with van der Waals surface area (Å²) in [6, 6.07) is 6.70. The van der Waals surface area contributed by atoms with Gasteiger partial charge >= 0.3 is 0 Å². The second-order valence-corrected chi connectivity index (χ2v) is 5.41. The molecule has 1 aliphatic rings. The van der Waals surface area contributed by atoms with E-state index in [-0.39, 0.29) is 23.7 Å². The van der Waals surface area contributed by atoms with E-state index >= 15 is 0 Å². The molecule has 19 heavy (non-hydrogen) atoms. The van der Waals surface area contributed by atoms with Gasteiger partial charge in [-0.05, 0) is 25.3 Å². The zero-order valence-corrected chi connectivity index (χ0v) is 11.3. The maximum absolute atomic E-state index is 13.6. The largest absolute Gasteiger partial charge is 0.341 e. The lowest BCUT2D eigenvalue weighted by molar-refractivity contribution is -0.135. The summed E-state index contributed by atoms with van der Waals surface area (Å²) in [7, 11) is 1.73. The predicted molar refractivity (Wildman–Crippen MR) is 72.8 cm³/mol. The molecule has 1 fully saturated rings. The number of carbonyl (C=O) groups excluding carboxylic acids is 1. The third kappa shape index (κ3) is 3.53. The average molecular weight is 264 g/mol. The Labute approximate surface area is 113 Å². The smallest absolute Gasteiger partial charge is 0.225 e. The Hall–Kier alpha value is -1.42. The molecule has 0 aliphatic heterocycles. The SMILES string of the molecule is CN(Cc1ccccc1F)C(=O)[C@@H]1CCC[C@@H](N)C1. The Morgan fingerprint density at radius 3 is 2.84 bits per heavy atom. The van der Waals surface area contributed by atoms with Crippen LogP contribution in [-0.4, -0.2) is 23.9 Å². The molecule has 1 saturated carbocycles. The Morgan fingerprint density at radius 1 is 1.42 bits per heavy atom. The molecule has 4 heteroatoms. The predicted octanol–water partition coefficient (Wildman–Crippen LogP) is 2.30. The van der Waals surface area contributed by atoms with Gasteiger partial charge in [-0.1, -0.05) is 24.6 Å². The summed E-state index contributed by atoms with van der Waals surface area (Å²) in [5, 5.41) is 0. The summed E-state index contributed by atoms with van der Waals surface area (Å²) >= 11 is 0. The van der Waals surface area contributed by atoms with Gasteiger partial charge in [0.05, 0.1) is 0 Å². The minimum Gasteiger partial charge on any atom is -0.341 e. The van der Waals surface area contributed by atoms with Gasteiger partial charge < -0.3 is 10.6 Å². The highest BCUT2D eigenvalue weighted by Gasteiger charge is 2.27. The molecule has 1 aliphatic carbocycles. The highest BCUT2D eigenvalue weighted by atomic mass is 19.1. The molecular formula is C15H21FN2O. The minimum atomic E-state index is -0.262. The van der Waals surface area contributed by atoms with E-state index in [1.807, 2.05) is 0 Å². The maximum atomic E-state index is 13.6. The first-order chi connectivity index (χ1) is 9.08. The fourth-order valence-electron chi connectivity index (χ4n) is 2.72. The standard InChI is InChI=1S/C15H21FN2O/c1-18(10-12-5-2-3-8-14(12)16)15(19)11-6-4-7-13(17)9-11/h2-3,5,8,11,13H,4,6-7,9-10,17H2,1H3/t11-,13-/m1/s1. The van der Waals surface area contributed by atoms with Gasteiger partial charge in [-0.3, -0.25) is 4.79 Å². The molecule has 2 rings (SSSR count). The van der Waals surface area contributed by atoms with Crippen molar-refractivity contribution in [3.8, 4) is 0 Å². The van der Waals surface area contributed by atoms with Crippen molar-refractivity contribution < 1.29 is 9.18 Å². The lowest BCUT2D eigenvalue weighted by atomic mass is 9.85. The molecule has 0 unspecified atom stereocenters. The Kier molecular flexibility index (Phi) is 4.53. The lowest BCUT2D eigenvalue weighted by Crippen LogP contribution is -2.38. The maximum Gasteiger partial charge on any atom is 0.225 e. The molecule has 0 aromatic heterocycles. The van der Waals surface area contributed by atoms with Gasteiger partial charge in [0.2, 0.25) is 5.91 Å². The van der Waals surface area contributed by atoms with E-state index in [1.54, 1.807) is 30.1 Å². The van der Waals surface area contributed by atoms with Crippen molar-refractivity contribution in [3.63, 3.8) is 0 Å². The van der Waals surface area contributed by atoms with Gasteiger partial charge in [0.25, 0.3) is 0 Å². The number of hydrogen-bond acceptors (Lipinski definition) is 2. The van der Waals surface area contributed by atoms with Crippen LogP contribution in [0.15, 0.2) is 24.3 Å². The average Bonchev–Trinajstić information content (AvgIpc) is 2.40. The zero-order valence-electron chi connectivity index (χ0n) is 11.3. The summed E-state index contributed by atoms with van der Waals surface area (Å²) in [5.41, 5.74) is 6.46. The number of benzene rings is 1. The molecular weight excluding hydrogens is 243 g/mol. The summed E-state index contributed by atoms with van der Waals surface area (Å²) < 4.78 is 13.6. The van der Waals surface area contributed by atoms with E-state index < -0.39 is 0 Å². The summed E-state index contributed by atoms with van der Waals surface area (Å²) in [6.45, 7) is 0.317. The highest BCUT2D eigenvalue weighted by molar-refractivity contribution is 5.78. The van der Waals surface area contributed by atoms with Crippen LogP contribution in [-0.2, 0) is 11.3 Å². The van der Waals surface area contributed by atoms with E-state index in [4.69, 9.17) is 5.73 Å². The first-order valence-electron chi connectivity index (χ1n) is 6.82. The summed E-state index contributed by atoms with van der Waals surface area (Å²) in [5.74, 6) is -0.179. The lowest BCUT2D eigenvalue weighted by Gasteiger charge is -2.29. The van der Waals surface area contributed by atoms with E-state index in [2.05, 4.69) is 0 Å². The van der Waals surface area contributed by atoms with Crippen molar-refractivity contribution in [2.75, 3.05) is 7.05 Å². The van der Waals surface area contributed by atoms with Crippen molar-refractivity contribution in [2.24, 2.45) is 11.7 Å². The molecule has 0 bridgehead atoms. The van der Waals surface area contributed by atoms with Gasteiger partial charge in [-0.15, -0.1) is 0 Å². The first kappa shape index (κ1) is 14.0. The van der Waals surface area contributed by atoms with Crippen LogP contribution in [0.25, 0.3) is 0 Å². The molecule has 2 atom stereocenters. The van der Waals surface area contributed by atoms with E-state index in [9.17, 15) is 9.18 Å². The molecule has 0 saturated heterocycles. The van der Waals surface area contributed by atoms with Crippen LogP contribution in [0.2, 0.25) is 0 Å². The number of carbonyl (C=O) groups is 1. The van der Waals surface area contributed by atoms with Crippen LogP contribution in [0, 0.1) is 11.7 Å². The molecule has 104 valence electrons. The van der Waals surface area contributed by atoms with Crippen LogP contribution >= 0.6 is 0 Å². The first-order valence-corrected chi connectivity index (χ1v) is 6.82. The third-order valence-corrected chi connectivity index (χ3v) is 3.81. The fraction of sp³-hybridized carbons (Fsp3) is 0.533.